The monoisotopic (exact) mass is 202 g/mol. The van der Waals surface area contributed by atoms with E-state index in [4.69, 9.17) is 10.8 Å². The van der Waals surface area contributed by atoms with Crippen molar-refractivity contribution in [3.63, 3.8) is 0 Å². The zero-order valence-corrected chi connectivity index (χ0v) is 9.20. The average molecular weight is 202 g/mol. The van der Waals surface area contributed by atoms with Gasteiger partial charge in [0.15, 0.2) is 0 Å². The van der Waals surface area contributed by atoms with E-state index < -0.39 is 0 Å². The summed E-state index contributed by atoms with van der Waals surface area (Å²) in [5.74, 6) is 0.0440. The third-order valence-electron chi connectivity index (χ3n) is 2.00. The minimum absolute atomic E-state index is 0.0222. The van der Waals surface area contributed by atoms with Gasteiger partial charge in [-0.3, -0.25) is 4.79 Å². The molecule has 0 aromatic rings. The molecule has 1 unspecified atom stereocenters. The number of unbranched alkanes of at least 4 members (excludes halogenated alkanes) is 1. The molecule has 1 atom stereocenters. The number of hydrogen-bond donors (Lipinski definition) is 2. The van der Waals surface area contributed by atoms with Gasteiger partial charge in [-0.15, -0.1) is 0 Å². The second-order valence-corrected chi connectivity index (χ2v) is 3.64. The van der Waals surface area contributed by atoms with Crippen LogP contribution in [0.1, 0.15) is 33.1 Å². The molecule has 0 fully saturated rings. The summed E-state index contributed by atoms with van der Waals surface area (Å²) in [5.41, 5.74) is 5.55. The normalized spacial score (nSPS) is 12.6. The number of rotatable bonds is 7. The van der Waals surface area contributed by atoms with Crippen LogP contribution in [0.4, 0.5) is 0 Å². The quantitative estimate of drug-likeness (QED) is 0.626. The van der Waals surface area contributed by atoms with Gasteiger partial charge in [0.2, 0.25) is 5.91 Å². The highest BCUT2D eigenvalue weighted by Crippen LogP contribution is 2.00. The van der Waals surface area contributed by atoms with Crippen molar-refractivity contribution in [2.75, 3.05) is 19.7 Å². The van der Waals surface area contributed by atoms with Crippen molar-refractivity contribution in [1.29, 1.82) is 0 Å². The lowest BCUT2D eigenvalue weighted by molar-refractivity contribution is -0.132. The molecule has 0 aliphatic rings. The fraction of sp³-hybridized carbons (Fsp3) is 0.900. The Bertz CT molecular complexity index is 160. The van der Waals surface area contributed by atoms with Crippen LogP contribution in [0.25, 0.3) is 0 Å². The zero-order chi connectivity index (χ0) is 11.0. The van der Waals surface area contributed by atoms with Crippen molar-refractivity contribution in [2.24, 2.45) is 5.73 Å². The maximum Gasteiger partial charge on any atom is 0.224 e. The van der Waals surface area contributed by atoms with E-state index in [9.17, 15) is 4.79 Å². The topological polar surface area (TPSA) is 66.6 Å². The molecule has 0 aliphatic heterocycles. The first kappa shape index (κ1) is 13.4. The molecule has 3 N–H and O–H groups in total. The maximum atomic E-state index is 11.6. The molecule has 4 nitrogen and oxygen atoms in total. The summed E-state index contributed by atoms with van der Waals surface area (Å²) >= 11 is 0. The fourth-order valence-corrected chi connectivity index (χ4v) is 1.24. The molecule has 0 saturated heterocycles. The number of nitrogens with zero attached hydrogens (tertiary/aromatic N) is 1. The molecule has 4 heteroatoms. The number of amides is 1. The van der Waals surface area contributed by atoms with Crippen LogP contribution in [0, 0.1) is 0 Å². The number of carbonyl (C=O) groups excluding carboxylic acids is 1. The van der Waals surface area contributed by atoms with Gasteiger partial charge in [0.05, 0.1) is 6.61 Å². The predicted molar refractivity (Wildman–Crippen MR) is 56.8 cm³/mol. The molecule has 0 bridgehead atoms. The molecule has 0 rings (SSSR count). The molecular formula is C10H22N2O2. The Hall–Kier alpha value is -0.610. The van der Waals surface area contributed by atoms with Gasteiger partial charge in [0.25, 0.3) is 0 Å². The minimum atomic E-state index is -0.106. The van der Waals surface area contributed by atoms with Crippen molar-refractivity contribution in [3.05, 3.63) is 0 Å². The van der Waals surface area contributed by atoms with E-state index >= 15 is 0 Å². The van der Waals surface area contributed by atoms with Gasteiger partial charge in [0.1, 0.15) is 0 Å². The van der Waals surface area contributed by atoms with Crippen LogP contribution in [0.2, 0.25) is 0 Å². The number of nitrogens with two attached hydrogens (primary N) is 1. The summed E-state index contributed by atoms with van der Waals surface area (Å²) in [6, 6.07) is -0.106. The van der Waals surface area contributed by atoms with Crippen LogP contribution in [0.3, 0.4) is 0 Å². The number of carbonyl (C=O) groups is 1. The van der Waals surface area contributed by atoms with Gasteiger partial charge in [-0.1, -0.05) is 13.3 Å². The molecule has 1 amide bonds. The Morgan fingerprint density at radius 2 is 2.14 bits per heavy atom. The molecule has 0 radical (unpaired) electrons. The lowest BCUT2D eigenvalue weighted by Gasteiger charge is -2.22. The molecule has 0 saturated carbocycles. The molecule has 0 aliphatic carbocycles. The van der Waals surface area contributed by atoms with Gasteiger partial charge in [0, 0.05) is 25.6 Å². The average Bonchev–Trinajstić information content (AvgIpc) is 2.10. The Labute approximate surface area is 86.1 Å². The van der Waals surface area contributed by atoms with Crippen molar-refractivity contribution in [3.8, 4) is 0 Å². The third-order valence-corrected chi connectivity index (χ3v) is 2.00. The Morgan fingerprint density at radius 1 is 1.50 bits per heavy atom. The van der Waals surface area contributed by atoms with Crippen LogP contribution in [-0.4, -0.2) is 41.7 Å². The molecule has 0 heterocycles. The first-order valence-electron chi connectivity index (χ1n) is 5.26. The van der Waals surface area contributed by atoms with Crippen LogP contribution < -0.4 is 5.73 Å². The van der Waals surface area contributed by atoms with E-state index in [1.54, 1.807) is 4.90 Å². The SMILES string of the molecule is CCCCN(CCO)C(=O)CC(C)N. The highest BCUT2D eigenvalue weighted by Gasteiger charge is 2.13. The summed E-state index contributed by atoms with van der Waals surface area (Å²) < 4.78 is 0. The third kappa shape index (κ3) is 5.94. The summed E-state index contributed by atoms with van der Waals surface area (Å²) in [4.78, 5) is 13.3. The van der Waals surface area contributed by atoms with Crippen molar-refractivity contribution in [1.82, 2.24) is 4.90 Å². The first-order valence-corrected chi connectivity index (χ1v) is 5.26. The highest BCUT2D eigenvalue weighted by atomic mass is 16.3. The van der Waals surface area contributed by atoms with Crippen LogP contribution in [-0.2, 0) is 4.79 Å². The fourth-order valence-electron chi connectivity index (χ4n) is 1.24. The summed E-state index contributed by atoms with van der Waals surface area (Å²) in [6.07, 6.45) is 2.39. The van der Waals surface area contributed by atoms with Gasteiger partial charge < -0.3 is 15.7 Å². The second kappa shape index (κ2) is 7.76. The smallest absolute Gasteiger partial charge is 0.224 e. The van der Waals surface area contributed by atoms with Gasteiger partial charge >= 0.3 is 0 Å². The maximum absolute atomic E-state index is 11.6. The zero-order valence-electron chi connectivity index (χ0n) is 9.20. The molecule has 0 aromatic carbocycles. The summed E-state index contributed by atoms with van der Waals surface area (Å²) in [6.45, 7) is 5.06. The van der Waals surface area contributed by atoms with E-state index in [0.29, 0.717) is 13.0 Å². The van der Waals surface area contributed by atoms with E-state index in [-0.39, 0.29) is 18.6 Å². The Kier molecular flexibility index (Phi) is 7.42. The van der Waals surface area contributed by atoms with E-state index in [1.807, 2.05) is 6.92 Å². The van der Waals surface area contributed by atoms with E-state index in [0.717, 1.165) is 19.4 Å². The standard InChI is InChI=1S/C10H22N2O2/c1-3-4-5-12(6-7-13)10(14)8-9(2)11/h9,13H,3-8,11H2,1-2H3. The molecular weight excluding hydrogens is 180 g/mol. The van der Waals surface area contributed by atoms with Gasteiger partial charge in [-0.05, 0) is 13.3 Å². The number of hydrogen-bond acceptors (Lipinski definition) is 3. The van der Waals surface area contributed by atoms with Crippen LogP contribution in [0.15, 0.2) is 0 Å². The lowest BCUT2D eigenvalue weighted by atomic mass is 10.2. The lowest BCUT2D eigenvalue weighted by Crippen LogP contribution is -2.37. The van der Waals surface area contributed by atoms with E-state index in [1.165, 1.54) is 0 Å². The molecule has 14 heavy (non-hydrogen) atoms. The Balaban J connectivity index is 3.97. The number of aliphatic hydroxyl groups excluding tert-OH is 1. The minimum Gasteiger partial charge on any atom is -0.395 e. The summed E-state index contributed by atoms with van der Waals surface area (Å²) in [5, 5.41) is 8.79. The molecule has 84 valence electrons. The Morgan fingerprint density at radius 3 is 2.57 bits per heavy atom. The van der Waals surface area contributed by atoms with Gasteiger partial charge in [-0.2, -0.15) is 0 Å². The van der Waals surface area contributed by atoms with Crippen LogP contribution >= 0.6 is 0 Å². The predicted octanol–water partition coefficient (Wildman–Crippen LogP) is 0.345. The van der Waals surface area contributed by atoms with Crippen molar-refractivity contribution < 1.29 is 9.90 Å². The number of aliphatic hydroxyl groups is 1. The van der Waals surface area contributed by atoms with Crippen LogP contribution in [0.5, 0.6) is 0 Å². The van der Waals surface area contributed by atoms with Crippen molar-refractivity contribution in [2.45, 2.75) is 39.2 Å². The summed E-state index contributed by atoms with van der Waals surface area (Å²) in [7, 11) is 0. The largest absolute Gasteiger partial charge is 0.395 e. The second-order valence-electron chi connectivity index (χ2n) is 3.64. The highest BCUT2D eigenvalue weighted by molar-refractivity contribution is 5.76. The first-order chi connectivity index (χ1) is 6.61. The van der Waals surface area contributed by atoms with E-state index in [2.05, 4.69) is 6.92 Å². The van der Waals surface area contributed by atoms with Crippen molar-refractivity contribution >= 4 is 5.91 Å². The molecule has 0 spiro atoms. The van der Waals surface area contributed by atoms with Gasteiger partial charge in [-0.25, -0.2) is 0 Å². The molecule has 0 aromatic heterocycles.